The van der Waals surface area contributed by atoms with Crippen LogP contribution >= 0.6 is 0 Å². The summed E-state index contributed by atoms with van der Waals surface area (Å²) in [6.45, 7) is 3.44. The van der Waals surface area contributed by atoms with Gasteiger partial charge in [-0.1, -0.05) is 31.2 Å². The van der Waals surface area contributed by atoms with E-state index in [1.165, 1.54) is 25.3 Å². The fraction of sp³-hybridized carbons (Fsp3) is 0.350. The van der Waals surface area contributed by atoms with Gasteiger partial charge in [0.25, 0.3) is 5.69 Å². The molecule has 162 valence electrons. The number of nitrogens with zero attached hydrogens (tertiary/aromatic N) is 2. The normalized spacial score (nSPS) is 13.2. The van der Waals surface area contributed by atoms with Crippen molar-refractivity contribution in [3.05, 3.63) is 64.2 Å². The molecule has 0 heterocycles. The average Bonchev–Trinajstić information content (AvgIpc) is 2.70. The van der Waals surface area contributed by atoms with Crippen molar-refractivity contribution in [2.24, 2.45) is 0 Å². The predicted molar refractivity (Wildman–Crippen MR) is 114 cm³/mol. The molecule has 0 aliphatic rings. The average molecular weight is 436 g/mol. The number of para-hydroxylation sites is 1. The highest BCUT2D eigenvalue weighted by Gasteiger charge is 2.33. The molecule has 0 spiro atoms. The molecule has 2 aromatic carbocycles. The standard InChI is InChI=1S/C20H25N3O6S/c1-5-18(20(24)21-14(2)17-11-6-7-12-19(17)29-3)22(30(4,27)28)15-9-8-10-16(13-15)23(25)26/h6-14,18H,5H2,1-4H3,(H,21,24)/t14-,18-/m0/s1. The number of nitrogens with one attached hydrogen (secondary N) is 1. The number of hydrogen-bond donors (Lipinski definition) is 1. The molecule has 2 aromatic rings. The zero-order valence-corrected chi connectivity index (χ0v) is 18.0. The van der Waals surface area contributed by atoms with Crippen molar-refractivity contribution < 1.29 is 22.9 Å². The lowest BCUT2D eigenvalue weighted by Crippen LogP contribution is -2.49. The van der Waals surface area contributed by atoms with E-state index < -0.39 is 32.9 Å². The smallest absolute Gasteiger partial charge is 0.271 e. The number of carbonyl (C=O) groups is 1. The first-order chi connectivity index (χ1) is 14.1. The van der Waals surface area contributed by atoms with E-state index in [0.29, 0.717) is 5.75 Å². The fourth-order valence-electron chi connectivity index (χ4n) is 3.22. The summed E-state index contributed by atoms with van der Waals surface area (Å²) in [4.78, 5) is 23.5. The van der Waals surface area contributed by atoms with Gasteiger partial charge < -0.3 is 10.1 Å². The maximum absolute atomic E-state index is 13.0. The highest BCUT2D eigenvalue weighted by Crippen LogP contribution is 2.28. The van der Waals surface area contributed by atoms with Gasteiger partial charge in [0.1, 0.15) is 11.8 Å². The van der Waals surface area contributed by atoms with E-state index in [9.17, 15) is 23.3 Å². The summed E-state index contributed by atoms with van der Waals surface area (Å²) >= 11 is 0. The Labute approximate surface area is 175 Å². The van der Waals surface area contributed by atoms with Crippen LogP contribution < -0.4 is 14.4 Å². The van der Waals surface area contributed by atoms with Gasteiger partial charge in [0.05, 0.1) is 30.0 Å². The molecule has 10 heteroatoms. The van der Waals surface area contributed by atoms with E-state index in [-0.39, 0.29) is 17.8 Å². The SMILES string of the molecule is CC[C@@H](C(=O)N[C@@H](C)c1ccccc1OC)N(c1cccc([N+](=O)[O-])c1)S(C)(=O)=O. The van der Waals surface area contributed by atoms with Crippen LogP contribution in [-0.2, 0) is 14.8 Å². The summed E-state index contributed by atoms with van der Waals surface area (Å²) in [6.07, 6.45) is 1.13. The molecule has 30 heavy (non-hydrogen) atoms. The van der Waals surface area contributed by atoms with Gasteiger partial charge in [-0.05, 0) is 25.5 Å². The highest BCUT2D eigenvalue weighted by molar-refractivity contribution is 7.92. The Balaban J connectivity index is 2.39. The molecule has 0 fully saturated rings. The molecule has 0 aliphatic heterocycles. The minimum atomic E-state index is -3.90. The Hall–Kier alpha value is -3.14. The van der Waals surface area contributed by atoms with E-state index in [4.69, 9.17) is 4.74 Å². The van der Waals surface area contributed by atoms with Crippen molar-refractivity contribution >= 4 is 27.3 Å². The lowest BCUT2D eigenvalue weighted by molar-refractivity contribution is -0.384. The van der Waals surface area contributed by atoms with Crippen LogP contribution in [-0.4, -0.2) is 38.7 Å². The van der Waals surface area contributed by atoms with Gasteiger partial charge in [-0.25, -0.2) is 8.42 Å². The third kappa shape index (κ3) is 5.26. The van der Waals surface area contributed by atoms with Gasteiger partial charge in [-0.15, -0.1) is 0 Å². The van der Waals surface area contributed by atoms with Crippen LogP contribution in [0.4, 0.5) is 11.4 Å². The number of methoxy groups -OCH3 is 1. The van der Waals surface area contributed by atoms with Crippen molar-refractivity contribution in [3.63, 3.8) is 0 Å². The van der Waals surface area contributed by atoms with Crippen molar-refractivity contribution in [2.45, 2.75) is 32.4 Å². The van der Waals surface area contributed by atoms with Crippen LogP contribution in [0.15, 0.2) is 48.5 Å². The van der Waals surface area contributed by atoms with Crippen molar-refractivity contribution in [1.29, 1.82) is 0 Å². The number of amides is 1. The second-order valence-electron chi connectivity index (χ2n) is 6.73. The van der Waals surface area contributed by atoms with Gasteiger partial charge in [0.2, 0.25) is 15.9 Å². The summed E-state index contributed by atoms with van der Waals surface area (Å²) in [5.74, 6) is 0.0739. The Morgan fingerprint density at radius 2 is 1.90 bits per heavy atom. The maximum Gasteiger partial charge on any atom is 0.271 e. The zero-order valence-electron chi connectivity index (χ0n) is 17.2. The van der Waals surface area contributed by atoms with E-state index in [2.05, 4.69) is 5.32 Å². The first-order valence-electron chi connectivity index (χ1n) is 9.27. The molecule has 2 rings (SSSR count). The molecule has 0 aromatic heterocycles. The van der Waals surface area contributed by atoms with Gasteiger partial charge in [-0.2, -0.15) is 0 Å². The van der Waals surface area contributed by atoms with Crippen LogP contribution in [0.1, 0.15) is 31.9 Å². The Bertz CT molecular complexity index is 1020. The largest absolute Gasteiger partial charge is 0.496 e. The lowest BCUT2D eigenvalue weighted by atomic mass is 10.1. The van der Waals surface area contributed by atoms with Gasteiger partial charge >= 0.3 is 0 Å². The summed E-state index contributed by atoms with van der Waals surface area (Å²) in [6, 6.07) is 10.9. The Morgan fingerprint density at radius 3 is 2.47 bits per heavy atom. The topological polar surface area (TPSA) is 119 Å². The number of nitro groups is 1. The fourth-order valence-corrected chi connectivity index (χ4v) is 4.42. The first kappa shape index (κ1) is 23.1. The summed E-state index contributed by atoms with van der Waals surface area (Å²) in [5.41, 5.74) is 0.530. The number of rotatable bonds is 9. The molecule has 0 saturated carbocycles. The minimum Gasteiger partial charge on any atom is -0.496 e. The maximum atomic E-state index is 13.0. The number of non-ortho nitro benzene ring substituents is 1. The monoisotopic (exact) mass is 435 g/mol. The molecule has 1 amide bonds. The Kier molecular flexibility index (Phi) is 7.38. The molecule has 0 radical (unpaired) electrons. The minimum absolute atomic E-state index is 0.0543. The summed E-state index contributed by atoms with van der Waals surface area (Å²) in [7, 11) is -2.38. The van der Waals surface area contributed by atoms with Crippen LogP contribution in [0.25, 0.3) is 0 Å². The third-order valence-corrected chi connectivity index (χ3v) is 5.77. The predicted octanol–water partition coefficient (Wildman–Crippen LogP) is 3.03. The van der Waals surface area contributed by atoms with Crippen LogP contribution in [0.5, 0.6) is 5.75 Å². The quantitative estimate of drug-likeness (QED) is 0.478. The van der Waals surface area contributed by atoms with E-state index in [1.54, 1.807) is 32.0 Å². The van der Waals surface area contributed by atoms with Crippen LogP contribution in [0.2, 0.25) is 0 Å². The van der Waals surface area contributed by atoms with Gasteiger partial charge in [0.15, 0.2) is 0 Å². The second kappa shape index (κ2) is 9.57. The highest BCUT2D eigenvalue weighted by atomic mass is 32.2. The number of ether oxygens (including phenoxy) is 1. The molecular formula is C20H25N3O6S. The number of benzene rings is 2. The van der Waals surface area contributed by atoms with Gasteiger partial charge in [-0.3, -0.25) is 19.2 Å². The second-order valence-corrected chi connectivity index (χ2v) is 8.59. The number of nitro benzene ring substituents is 1. The molecular weight excluding hydrogens is 410 g/mol. The molecule has 1 N–H and O–H groups in total. The van der Waals surface area contributed by atoms with E-state index in [1.807, 2.05) is 6.07 Å². The molecule has 9 nitrogen and oxygen atoms in total. The summed E-state index contributed by atoms with van der Waals surface area (Å²) in [5, 5.41) is 13.9. The summed E-state index contributed by atoms with van der Waals surface area (Å²) < 4.78 is 31.3. The lowest BCUT2D eigenvalue weighted by Gasteiger charge is -2.31. The third-order valence-electron chi connectivity index (χ3n) is 4.59. The number of anilines is 1. The number of carbonyl (C=O) groups excluding carboxylic acids is 1. The first-order valence-corrected chi connectivity index (χ1v) is 11.1. The van der Waals surface area contributed by atoms with Crippen molar-refractivity contribution in [3.8, 4) is 5.75 Å². The molecule has 0 aliphatic carbocycles. The number of hydrogen-bond acceptors (Lipinski definition) is 6. The van der Waals surface area contributed by atoms with Crippen molar-refractivity contribution in [1.82, 2.24) is 5.32 Å². The van der Waals surface area contributed by atoms with Gasteiger partial charge in [0, 0.05) is 17.7 Å². The molecule has 2 atom stereocenters. The number of sulfonamides is 1. The molecule has 0 unspecified atom stereocenters. The van der Waals surface area contributed by atoms with Crippen LogP contribution in [0.3, 0.4) is 0 Å². The van der Waals surface area contributed by atoms with Crippen molar-refractivity contribution in [2.75, 3.05) is 17.7 Å². The van der Waals surface area contributed by atoms with E-state index >= 15 is 0 Å². The molecule has 0 saturated heterocycles. The van der Waals surface area contributed by atoms with Crippen LogP contribution in [0, 0.1) is 10.1 Å². The van der Waals surface area contributed by atoms with E-state index in [0.717, 1.165) is 22.2 Å². The Morgan fingerprint density at radius 1 is 1.23 bits per heavy atom. The molecule has 0 bridgehead atoms. The zero-order chi connectivity index (χ0) is 22.5.